The van der Waals surface area contributed by atoms with Gasteiger partial charge in [0.1, 0.15) is 63.8 Å². The molecule has 6 N–H and O–H groups in total. The molecule has 8 aromatic rings. The summed E-state index contributed by atoms with van der Waals surface area (Å²) in [5.74, 6) is -3.65. The highest BCUT2D eigenvalue weighted by Gasteiger charge is 2.18. The number of aryl methyl sites for hydroxylation is 1. The van der Waals surface area contributed by atoms with E-state index in [4.69, 9.17) is 28.5 Å². The predicted octanol–water partition coefficient (Wildman–Crippen LogP) is 0.0247. The van der Waals surface area contributed by atoms with Gasteiger partial charge in [-0.1, -0.05) is 12.1 Å². The van der Waals surface area contributed by atoms with Gasteiger partial charge in [0.15, 0.2) is 22.2 Å². The molecule has 6 heterocycles. The third-order valence-electron chi connectivity index (χ3n) is 8.43. The van der Waals surface area contributed by atoms with Crippen LogP contribution in [0.2, 0.25) is 0 Å². The van der Waals surface area contributed by atoms with E-state index >= 15 is 0 Å². The van der Waals surface area contributed by atoms with Crippen LogP contribution in [0.15, 0.2) is 98.8 Å². The third-order valence-corrected chi connectivity index (χ3v) is 8.43. The number of ether oxygens (including phenoxy) is 2. The number of carbonyl (C=O) groups is 2. The Morgan fingerprint density at radius 3 is 1.73 bits per heavy atom. The lowest BCUT2D eigenvalue weighted by Crippen LogP contribution is -2.36. The second-order valence-corrected chi connectivity index (χ2v) is 12.3. The molecule has 0 aliphatic heterocycles. The van der Waals surface area contributed by atoms with Crippen molar-refractivity contribution < 1.29 is 43.2 Å². The zero-order valence-corrected chi connectivity index (χ0v) is 30.7. The monoisotopic (exact) mass is 814 g/mol. The van der Waals surface area contributed by atoms with E-state index in [-0.39, 0.29) is 63.5 Å². The summed E-state index contributed by atoms with van der Waals surface area (Å²) in [4.78, 5) is 107. The Morgan fingerprint density at radius 2 is 1.20 bits per heavy atom. The van der Waals surface area contributed by atoms with Gasteiger partial charge in [-0.25, -0.2) is 29.1 Å². The first kappa shape index (κ1) is 40.3. The van der Waals surface area contributed by atoms with Crippen LogP contribution >= 0.6 is 0 Å². The molecule has 0 radical (unpaired) electrons. The van der Waals surface area contributed by atoms with E-state index in [1.807, 2.05) is 0 Å². The normalized spacial score (nSPS) is 11.0. The topological polar surface area (TPSA) is 330 Å². The SMILES string of the molecule is Cn1c(=O)[nH]c2nc[nH]c2c1=O.Cn1c(=O)c2[nH]cnc2n(C)c1=O.O=C(O)c1cc(=O)c2c(OCC(O)COc3cccc4oc(C(=O)O)cc(=O)c34)cccc2o1. The van der Waals surface area contributed by atoms with Gasteiger partial charge in [-0.15, -0.1) is 0 Å². The minimum absolute atomic E-state index is 0.0105. The van der Waals surface area contributed by atoms with Crippen molar-refractivity contribution in [3.8, 4) is 11.5 Å². The number of benzene rings is 2. The Morgan fingerprint density at radius 1 is 0.712 bits per heavy atom. The molecule has 23 nitrogen and oxygen atoms in total. The number of fused-ring (bicyclic) bond motifs is 4. The number of nitrogens with one attached hydrogen (secondary N) is 3. The highest BCUT2D eigenvalue weighted by Crippen LogP contribution is 2.25. The second-order valence-electron chi connectivity index (χ2n) is 12.3. The van der Waals surface area contributed by atoms with Crippen molar-refractivity contribution in [2.24, 2.45) is 21.1 Å². The number of carboxylic acids is 2. The van der Waals surface area contributed by atoms with Gasteiger partial charge in [0.25, 0.3) is 11.1 Å². The summed E-state index contributed by atoms with van der Waals surface area (Å²) in [6, 6.07) is 10.4. The van der Waals surface area contributed by atoms with E-state index in [2.05, 4.69) is 24.9 Å². The van der Waals surface area contributed by atoms with Gasteiger partial charge in [-0.3, -0.25) is 37.9 Å². The van der Waals surface area contributed by atoms with Crippen molar-refractivity contribution in [3.63, 3.8) is 0 Å². The Labute approximate surface area is 324 Å². The highest BCUT2D eigenvalue weighted by molar-refractivity contribution is 5.90. The van der Waals surface area contributed by atoms with Crippen LogP contribution in [0.5, 0.6) is 11.5 Å². The summed E-state index contributed by atoms with van der Waals surface area (Å²) in [5.41, 5.74) is -1.43. The summed E-state index contributed by atoms with van der Waals surface area (Å²) < 4.78 is 24.8. The van der Waals surface area contributed by atoms with Crippen LogP contribution in [-0.2, 0) is 21.1 Å². The molecule has 23 heteroatoms. The lowest BCUT2D eigenvalue weighted by molar-refractivity contribution is 0.0636. The van der Waals surface area contributed by atoms with Crippen molar-refractivity contribution in [1.82, 2.24) is 38.6 Å². The number of imidazole rings is 2. The van der Waals surface area contributed by atoms with Crippen molar-refractivity contribution in [2.75, 3.05) is 13.2 Å². The minimum Gasteiger partial charge on any atom is -0.490 e. The number of aliphatic hydroxyl groups is 1. The largest absolute Gasteiger partial charge is 0.490 e. The lowest BCUT2D eigenvalue weighted by atomic mass is 10.2. The molecule has 0 unspecified atom stereocenters. The second kappa shape index (κ2) is 16.4. The molecule has 59 heavy (non-hydrogen) atoms. The van der Waals surface area contributed by atoms with Gasteiger partial charge >= 0.3 is 23.3 Å². The average molecular weight is 815 g/mol. The molecular formula is C36H30N8O15. The van der Waals surface area contributed by atoms with E-state index < -0.39 is 46.1 Å². The van der Waals surface area contributed by atoms with Crippen molar-refractivity contribution in [1.29, 1.82) is 0 Å². The molecule has 304 valence electrons. The van der Waals surface area contributed by atoms with Crippen LogP contribution in [0.4, 0.5) is 0 Å². The van der Waals surface area contributed by atoms with Gasteiger partial charge in [0, 0.05) is 33.3 Å². The molecule has 8 rings (SSSR count). The van der Waals surface area contributed by atoms with Crippen LogP contribution < -0.4 is 42.8 Å². The number of hydrogen-bond acceptors (Lipinski definition) is 15. The number of rotatable bonds is 8. The first-order chi connectivity index (χ1) is 28.1. The van der Waals surface area contributed by atoms with Crippen molar-refractivity contribution in [3.05, 3.63) is 135 Å². The third kappa shape index (κ3) is 8.15. The van der Waals surface area contributed by atoms with Crippen LogP contribution in [0.1, 0.15) is 21.1 Å². The number of aromatic nitrogens is 8. The number of aromatic carboxylic acids is 2. The molecule has 0 amide bonds. The Kier molecular flexibility index (Phi) is 11.2. The molecule has 0 bridgehead atoms. The van der Waals surface area contributed by atoms with Gasteiger partial charge in [0.2, 0.25) is 11.5 Å². The van der Waals surface area contributed by atoms with Gasteiger partial charge in [-0.05, 0) is 24.3 Å². The molecule has 0 atom stereocenters. The predicted molar refractivity (Wildman–Crippen MR) is 204 cm³/mol. The zero-order chi connectivity index (χ0) is 42.7. The Bertz CT molecular complexity index is 3180. The first-order valence-corrected chi connectivity index (χ1v) is 16.8. The molecule has 6 aromatic heterocycles. The van der Waals surface area contributed by atoms with E-state index in [9.17, 15) is 43.5 Å². The highest BCUT2D eigenvalue weighted by atomic mass is 16.5. The standard InChI is InChI=1S/C23H16O11.C7H8N4O2.C6H6N4O2/c24-11(9-31-14-3-1-5-16-20(14)12(25)7-18(33-16)22(27)28)10-32-15-4-2-6-17-21(15)13(26)8-19(34-17)23(29)30;1-10-5-4(8-3-9-5)6(12)11(2)7(10)13;1-10-5(11)3-4(8-2-7-3)9-6(10)12/h1-8,11,24H,9-10H2,(H,27,28)(H,29,30);3H,1-2H3,(H,8,9);2H,1H3,(H,7,8)(H,9,12). The molecule has 0 saturated heterocycles. The number of hydrogen-bond donors (Lipinski definition) is 6. The van der Waals surface area contributed by atoms with Crippen LogP contribution in [-0.4, -0.2) is 85.2 Å². The summed E-state index contributed by atoms with van der Waals surface area (Å²) in [6.45, 7) is -0.608. The zero-order valence-electron chi connectivity index (χ0n) is 30.7. The maximum atomic E-state index is 12.3. The fraction of sp³-hybridized carbons (Fsp3) is 0.167. The molecule has 0 saturated carbocycles. The van der Waals surface area contributed by atoms with E-state index in [0.29, 0.717) is 22.3 Å². The smallest absolute Gasteiger partial charge is 0.371 e. The van der Waals surface area contributed by atoms with E-state index in [1.54, 1.807) is 7.05 Å². The number of nitrogens with zero attached hydrogens (tertiary/aromatic N) is 5. The number of carboxylic acid groups (broad SMARTS) is 2. The quantitative estimate of drug-likeness (QED) is 0.118. The van der Waals surface area contributed by atoms with E-state index in [0.717, 1.165) is 21.3 Å². The van der Waals surface area contributed by atoms with Crippen LogP contribution in [0.25, 0.3) is 44.3 Å². The molecule has 0 aliphatic rings. The van der Waals surface area contributed by atoms with Crippen molar-refractivity contribution in [2.45, 2.75) is 6.10 Å². The minimum atomic E-state index is -1.39. The summed E-state index contributed by atoms with van der Waals surface area (Å²) in [6.07, 6.45) is 1.56. The van der Waals surface area contributed by atoms with Gasteiger partial charge in [-0.2, -0.15) is 0 Å². The maximum absolute atomic E-state index is 12.3. The first-order valence-electron chi connectivity index (χ1n) is 16.8. The molecule has 0 spiro atoms. The number of H-pyrrole nitrogens is 3. The van der Waals surface area contributed by atoms with Gasteiger partial charge in [0.05, 0.1) is 12.7 Å². The van der Waals surface area contributed by atoms with E-state index in [1.165, 1.54) is 67.7 Å². The summed E-state index contributed by atoms with van der Waals surface area (Å²) in [5, 5.41) is 28.4. The number of aromatic amines is 3. The summed E-state index contributed by atoms with van der Waals surface area (Å²) >= 11 is 0. The van der Waals surface area contributed by atoms with Crippen molar-refractivity contribution >= 4 is 56.2 Å². The number of aliphatic hydroxyl groups excluding tert-OH is 1. The molecular weight excluding hydrogens is 784 g/mol. The van der Waals surface area contributed by atoms with Gasteiger partial charge < -0.3 is 43.6 Å². The fourth-order valence-corrected chi connectivity index (χ4v) is 5.49. The Balaban J connectivity index is 0.000000188. The Hall–Kier alpha value is -8.34. The molecule has 2 aromatic carbocycles. The fourth-order valence-electron chi connectivity index (χ4n) is 5.49. The average Bonchev–Trinajstić information content (AvgIpc) is 3.91. The lowest BCUT2D eigenvalue weighted by Gasteiger charge is -2.15. The van der Waals surface area contributed by atoms with Crippen LogP contribution in [0.3, 0.4) is 0 Å². The maximum Gasteiger partial charge on any atom is 0.371 e. The molecule has 0 fully saturated rings. The molecule has 0 aliphatic carbocycles. The summed E-state index contributed by atoms with van der Waals surface area (Å²) in [7, 11) is 4.41. The van der Waals surface area contributed by atoms with Crippen LogP contribution in [0, 0.1) is 0 Å².